The summed E-state index contributed by atoms with van der Waals surface area (Å²) in [4.78, 5) is 6.88. The average molecular weight is 609 g/mol. The van der Waals surface area contributed by atoms with Crippen LogP contribution < -0.4 is 15.4 Å². The van der Waals surface area contributed by atoms with Gasteiger partial charge in [0.2, 0.25) is 0 Å². The van der Waals surface area contributed by atoms with E-state index in [0.29, 0.717) is 29.7 Å². The number of fused-ring (bicyclic) bond motifs is 4. The molecule has 42 heavy (non-hydrogen) atoms. The standard InChI is InChI=1S/C30H30F6N4OS/c1-3-18-16-40-9-7-19(18)12-26(40)27(23-6-8-37-25-5-4-22(41-2)14-24(23)25)39-28(42)38-15-17-10-20(29(31,32)33)13-21(11-17)30(34,35)36/h3-6,8,10-11,13-14,18-19,26-27H,1,7,9,12,15-16H2,2H3,(H2,38,39,42). The van der Waals surface area contributed by atoms with E-state index in [4.69, 9.17) is 17.0 Å². The first kappa shape index (κ1) is 30.1. The first-order valence-electron chi connectivity index (χ1n) is 13.5. The third-order valence-electron chi connectivity index (χ3n) is 8.24. The number of hydrogen-bond donors (Lipinski definition) is 2. The lowest BCUT2D eigenvalue weighted by atomic mass is 9.73. The number of alkyl halides is 6. The van der Waals surface area contributed by atoms with Gasteiger partial charge in [-0.05, 0) is 97.0 Å². The van der Waals surface area contributed by atoms with Gasteiger partial charge >= 0.3 is 12.4 Å². The minimum absolute atomic E-state index is 0.0295. The summed E-state index contributed by atoms with van der Waals surface area (Å²) in [7, 11) is 1.57. The summed E-state index contributed by atoms with van der Waals surface area (Å²) in [6.45, 7) is 5.41. The van der Waals surface area contributed by atoms with Crippen LogP contribution in [0.5, 0.6) is 5.75 Å². The minimum Gasteiger partial charge on any atom is -0.497 e. The van der Waals surface area contributed by atoms with Crippen LogP contribution in [0.15, 0.2) is 61.3 Å². The number of benzene rings is 2. The molecule has 2 N–H and O–H groups in total. The van der Waals surface area contributed by atoms with Gasteiger partial charge in [0.25, 0.3) is 0 Å². The van der Waals surface area contributed by atoms with Crippen molar-refractivity contribution in [1.82, 2.24) is 20.5 Å². The second kappa shape index (κ2) is 11.7. The van der Waals surface area contributed by atoms with E-state index in [-0.39, 0.29) is 35.4 Å². The summed E-state index contributed by atoms with van der Waals surface area (Å²) in [5.41, 5.74) is -1.26. The SMILES string of the molecule is C=CC1CN2CCC1CC2C(NC(=S)NCc1cc(C(F)(F)F)cc(C(F)(F)F)c1)c1ccnc2ccc(OC)cc12. The molecule has 3 aromatic rings. The van der Waals surface area contributed by atoms with Gasteiger partial charge < -0.3 is 15.4 Å². The molecule has 5 atom stereocenters. The fraction of sp³-hybridized carbons (Fsp3) is 0.400. The summed E-state index contributed by atoms with van der Waals surface area (Å²) >= 11 is 5.57. The van der Waals surface area contributed by atoms with Crippen molar-refractivity contribution in [1.29, 1.82) is 0 Å². The zero-order valence-corrected chi connectivity index (χ0v) is 23.5. The van der Waals surface area contributed by atoms with Crippen LogP contribution in [0.2, 0.25) is 0 Å². The highest BCUT2D eigenvalue weighted by Gasteiger charge is 2.43. The molecule has 5 unspecified atom stereocenters. The lowest BCUT2D eigenvalue weighted by molar-refractivity contribution is -0.143. The number of rotatable bonds is 7. The second-order valence-electron chi connectivity index (χ2n) is 10.7. The third kappa shape index (κ3) is 6.34. The van der Waals surface area contributed by atoms with Crippen LogP contribution in [0.4, 0.5) is 26.3 Å². The number of aromatic nitrogens is 1. The highest BCUT2D eigenvalue weighted by molar-refractivity contribution is 7.80. The molecule has 0 amide bonds. The van der Waals surface area contributed by atoms with E-state index in [1.54, 1.807) is 13.3 Å². The molecule has 4 heterocycles. The number of halogens is 6. The Kier molecular flexibility index (Phi) is 8.39. The van der Waals surface area contributed by atoms with Gasteiger partial charge in [0, 0.05) is 30.7 Å². The molecular weight excluding hydrogens is 578 g/mol. The normalized spacial score (nSPS) is 22.9. The van der Waals surface area contributed by atoms with Crippen molar-refractivity contribution >= 4 is 28.2 Å². The van der Waals surface area contributed by atoms with Crippen molar-refractivity contribution in [2.45, 2.75) is 43.8 Å². The van der Waals surface area contributed by atoms with Crippen LogP contribution in [0.1, 0.15) is 41.1 Å². The number of nitrogens with zero attached hydrogens (tertiary/aromatic N) is 2. The topological polar surface area (TPSA) is 49.4 Å². The van der Waals surface area contributed by atoms with E-state index in [9.17, 15) is 26.3 Å². The lowest BCUT2D eigenvalue weighted by Crippen LogP contribution is -2.58. The fourth-order valence-electron chi connectivity index (χ4n) is 6.15. The Balaban J connectivity index is 1.44. The van der Waals surface area contributed by atoms with Gasteiger partial charge in [-0.2, -0.15) is 26.3 Å². The van der Waals surface area contributed by atoms with Crippen LogP contribution >= 0.6 is 12.2 Å². The number of thiocarbonyl (C=S) groups is 1. The quantitative estimate of drug-likeness (QED) is 0.173. The zero-order valence-electron chi connectivity index (χ0n) is 22.7. The summed E-state index contributed by atoms with van der Waals surface area (Å²) in [5.74, 6) is 1.47. The molecular formula is C30H30F6N4OS. The van der Waals surface area contributed by atoms with Gasteiger partial charge in [-0.15, -0.1) is 6.58 Å². The van der Waals surface area contributed by atoms with E-state index < -0.39 is 23.5 Å². The Morgan fingerprint density at radius 2 is 1.83 bits per heavy atom. The van der Waals surface area contributed by atoms with E-state index in [1.165, 1.54) is 0 Å². The van der Waals surface area contributed by atoms with Gasteiger partial charge in [-0.3, -0.25) is 9.88 Å². The van der Waals surface area contributed by atoms with Gasteiger partial charge in [0.1, 0.15) is 5.75 Å². The molecule has 2 bridgehead atoms. The molecule has 12 heteroatoms. The molecule has 6 rings (SSSR count). The number of pyridine rings is 1. The van der Waals surface area contributed by atoms with Crippen LogP contribution in [-0.2, 0) is 18.9 Å². The molecule has 224 valence electrons. The van der Waals surface area contributed by atoms with Crippen molar-refractivity contribution < 1.29 is 31.1 Å². The van der Waals surface area contributed by atoms with Crippen LogP contribution in [0.25, 0.3) is 10.9 Å². The molecule has 1 aromatic heterocycles. The predicted molar refractivity (Wildman–Crippen MR) is 152 cm³/mol. The summed E-state index contributed by atoms with van der Waals surface area (Å²) in [5, 5.41) is 7.16. The summed E-state index contributed by atoms with van der Waals surface area (Å²) in [6.07, 6.45) is -4.24. The molecule has 2 aromatic carbocycles. The van der Waals surface area contributed by atoms with E-state index in [2.05, 4.69) is 27.1 Å². The fourth-order valence-corrected chi connectivity index (χ4v) is 6.34. The van der Waals surface area contributed by atoms with Crippen LogP contribution in [-0.4, -0.2) is 41.2 Å². The Bertz CT molecular complexity index is 1440. The Morgan fingerprint density at radius 3 is 2.43 bits per heavy atom. The number of ether oxygens (including phenoxy) is 1. The van der Waals surface area contributed by atoms with Crippen LogP contribution in [0, 0.1) is 11.8 Å². The van der Waals surface area contributed by atoms with E-state index >= 15 is 0 Å². The molecule has 0 spiro atoms. The summed E-state index contributed by atoms with van der Waals surface area (Å²) in [6, 6.07) is 8.67. The van der Waals surface area contributed by atoms with Crippen molar-refractivity contribution in [3.05, 3.63) is 83.6 Å². The molecule has 3 aliphatic rings. The largest absolute Gasteiger partial charge is 0.497 e. The monoisotopic (exact) mass is 608 g/mol. The number of nitrogens with one attached hydrogen (secondary N) is 2. The van der Waals surface area contributed by atoms with Crippen molar-refractivity contribution in [3.63, 3.8) is 0 Å². The lowest BCUT2D eigenvalue weighted by Gasteiger charge is -2.52. The maximum atomic E-state index is 13.4. The second-order valence-corrected chi connectivity index (χ2v) is 11.2. The van der Waals surface area contributed by atoms with E-state index in [1.807, 2.05) is 30.3 Å². The van der Waals surface area contributed by atoms with Crippen molar-refractivity contribution in [2.75, 3.05) is 20.2 Å². The van der Waals surface area contributed by atoms with Gasteiger partial charge in [0.05, 0.1) is 29.8 Å². The molecule has 0 aliphatic carbocycles. The van der Waals surface area contributed by atoms with Gasteiger partial charge in [0.15, 0.2) is 5.11 Å². The summed E-state index contributed by atoms with van der Waals surface area (Å²) < 4.78 is 85.6. The molecule has 0 saturated carbocycles. The minimum atomic E-state index is -4.93. The van der Waals surface area contributed by atoms with Crippen molar-refractivity contribution in [3.8, 4) is 5.75 Å². The smallest absolute Gasteiger partial charge is 0.416 e. The van der Waals surface area contributed by atoms with Gasteiger partial charge in [-0.1, -0.05) is 6.08 Å². The Morgan fingerprint density at radius 1 is 1.12 bits per heavy atom. The van der Waals surface area contributed by atoms with Crippen LogP contribution in [0.3, 0.4) is 0 Å². The van der Waals surface area contributed by atoms with E-state index in [0.717, 1.165) is 42.4 Å². The maximum absolute atomic E-state index is 13.4. The third-order valence-corrected chi connectivity index (χ3v) is 8.51. The molecule has 5 nitrogen and oxygen atoms in total. The number of hydrogen-bond acceptors (Lipinski definition) is 4. The molecule has 0 radical (unpaired) electrons. The molecule has 3 saturated heterocycles. The highest BCUT2D eigenvalue weighted by Crippen LogP contribution is 2.42. The predicted octanol–water partition coefficient (Wildman–Crippen LogP) is 6.88. The first-order chi connectivity index (χ1) is 19.9. The Labute approximate surface area is 244 Å². The number of methoxy groups -OCH3 is 1. The maximum Gasteiger partial charge on any atom is 0.416 e. The first-order valence-corrected chi connectivity index (χ1v) is 13.9. The highest BCUT2D eigenvalue weighted by atomic mass is 32.1. The Hall–Kier alpha value is -3.38. The van der Waals surface area contributed by atoms with Crippen molar-refractivity contribution in [2.24, 2.45) is 11.8 Å². The molecule has 3 aliphatic heterocycles. The van der Waals surface area contributed by atoms with Gasteiger partial charge in [-0.25, -0.2) is 0 Å². The number of piperidine rings is 3. The average Bonchev–Trinajstić information content (AvgIpc) is 2.97. The molecule has 3 fully saturated rings. The zero-order chi connectivity index (χ0) is 30.2.